The molecule has 0 aliphatic heterocycles. The van der Waals surface area contributed by atoms with E-state index in [2.05, 4.69) is 5.32 Å². The third kappa shape index (κ3) is 5.76. The Morgan fingerprint density at radius 3 is 2.43 bits per heavy atom. The minimum atomic E-state index is -4.07. The summed E-state index contributed by atoms with van der Waals surface area (Å²) in [5, 5.41) is 2.48. The Bertz CT molecular complexity index is 1030. The molecule has 2 aromatic rings. The first-order valence-electron chi connectivity index (χ1n) is 8.70. The molecular weight excluding hydrogens is 437 g/mol. The monoisotopic (exact) mass is 457 g/mol. The molecule has 0 saturated carbocycles. The molecule has 0 radical (unpaired) electrons. The minimum Gasteiger partial charge on any atom is -0.369 e. The van der Waals surface area contributed by atoms with Crippen LogP contribution in [0.15, 0.2) is 47.4 Å². The van der Waals surface area contributed by atoms with Crippen LogP contribution in [0, 0.1) is 11.7 Å². The summed E-state index contributed by atoms with van der Waals surface area (Å²) >= 11 is 5.98. The number of hydrogen-bond acceptors (Lipinski definition) is 5. The molecule has 0 aromatic heterocycles. The number of carbonyl (C=O) groups excluding carboxylic acids is 2. The molecule has 2 aromatic carbocycles. The number of halogens is 2. The van der Waals surface area contributed by atoms with Gasteiger partial charge in [0.25, 0.3) is 15.9 Å². The van der Waals surface area contributed by atoms with Crippen molar-refractivity contribution in [1.82, 2.24) is 9.79 Å². The normalized spacial score (nSPS) is 12.6. The van der Waals surface area contributed by atoms with Crippen LogP contribution in [0.3, 0.4) is 0 Å². The number of benzene rings is 2. The first-order chi connectivity index (χ1) is 14.1. The number of nitrogens with two attached hydrogens (primary N) is 1. The maximum absolute atomic E-state index is 13.0. The van der Waals surface area contributed by atoms with Gasteiger partial charge in [0.2, 0.25) is 5.91 Å². The molecule has 0 fully saturated rings. The van der Waals surface area contributed by atoms with E-state index in [1.54, 1.807) is 0 Å². The first kappa shape index (κ1) is 23.7. The molecule has 0 bridgehead atoms. The zero-order valence-electron chi connectivity index (χ0n) is 16.3. The van der Waals surface area contributed by atoms with Crippen molar-refractivity contribution in [2.75, 3.05) is 20.7 Å². The van der Waals surface area contributed by atoms with Gasteiger partial charge in [0.1, 0.15) is 10.7 Å². The summed E-state index contributed by atoms with van der Waals surface area (Å²) < 4.78 is 38.5. The van der Waals surface area contributed by atoms with Gasteiger partial charge in [-0.05, 0) is 42.3 Å². The molecule has 0 saturated heterocycles. The number of nitrogens with one attached hydrogen (secondary N) is 1. The molecule has 0 heterocycles. The number of hydroxylamine groups is 1. The Hall–Kier alpha value is -2.53. The highest BCUT2D eigenvalue weighted by Gasteiger charge is 2.25. The van der Waals surface area contributed by atoms with Crippen molar-refractivity contribution in [1.29, 1.82) is 0 Å². The third-order valence-electron chi connectivity index (χ3n) is 4.37. The second kappa shape index (κ2) is 9.98. The third-order valence-corrected chi connectivity index (χ3v) is 6.53. The number of nitrogens with zero attached hydrogens (tertiary/aromatic N) is 1. The van der Waals surface area contributed by atoms with E-state index in [0.29, 0.717) is 10.0 Å². The zero-order chi connectivity index (χ0) is 22.5. The van der Waals surface area contributed by atoms with Gasteiger partial charge in [0.05, 0.1) is 18.1 Å². The summed E-state index contributed by atoms with van der Waals surface area (Å²) in [5.74, 6) is -2.40. The van der Waals surface area contributed by atoms with Gasteiger partial charge >= 0.3 is 0 Å². The molecule has 8 nitrogen and oxygen atoms in total. The number of rotatable bonds is 9. The second-order valence-electron chi connectivity index (χ2n) is 6.38. The maximum Gasteiger partial charge on any atom is 0.266 e. The highest BCUT2D eigenvalue weighted by molar-refractivity contribution is 7.89. The van der Waals surface area contributed by atoms with E-state index in [-0.39, 0.29) is 28.4 Å². The Kier molecular flexibility index (Phi) is 7.90. The van der Waals surface area contributed by atoms with Gasteiger partial charge in [0, 0.05) is 19.2 Å². The van der Waals surface area contributed by atoms with Gasteiger partial charge in [-0.3, -0.25) is 14.4 Å². The number of carbonyl (C=O) groups is 2. The summed E-state index contributed by atoms with van der Waals surface area (Å²) in [6.45, 7) is -0.0891. The van der Waals surface area contributed by atoms with Crippen LogP contribution in [-0.2, 0) is 26.1 Å². The summed E-state index contributed by atoms with van der Waals surface area (Å²) in [7, 11) is -1.71. The van der Waals surface area contributed by atoms with E-state index in [0.717, 1.165) is 6.07 Å². The SMILES string of the molecule is CON(C)S(=O)(=O)c1cc(C(=O)NCC(Cc2ccc(F)cc2)C(N)=O)ccc1Cl. The highest BCUT2D eigenvalue weighted by Crippen LogP contribution is 2.25. The average Bonchev–Trinajstić information content (AvgIpc) is 2.71. The maximum atomic E-state index is 13.0. The predicted molar refractivity (Wildman–Crippen MR) is 109 cm³/mol. The molecule has 0 aliphatic rings. The smallest absolute Gasteiger partial charge is 0.266 e. The van der Waals surface area contributed by atoms with Crippen LogP contribution in [0.25, 0.3) is 0 Å². The Morgan fingerprint density at radius 1 is 1.23 bits per heavy atom. The van der Waals surface area contributed by atoms with E-state index < -0.39 is 33.6 Å². The summed E-state index contributed by atoms with van der Waals surface area (Å²) in [5.41, 5.74) is 6.11. The average molecular weight is 458 g/mol. The molecule has 2 amide bonds. The first-order valence-corrected chi connectivity index (χ1v) is 10.5. The van der Waals surface area contributed by atoms with Crippen LogP contribution in [0.2, 0.25) is 5.02 Å². The van der Waals surface area contributed by atoms with Crippen LogP contribution in [0.5, 0.6) is 0 Å². The number of hydrogen-bond donors (Lipinski definition) is 2. The van der Waals surface area contributed by atoms with Gasteiger partial charge in [-0.1, -0.05) is 28.2 Å². The zero-order valence-corrected chi connectivity index (χ0v) is 17.8. The number of primary amides is 1. The topological polar surface area (TPSA) is 119 Å². The van der Waals surface area contributed by atoms with Gasteiger partial charge in [0.15, 0.2) is 0 Å². The quantitative estimate of drug-likeness (QED) is 0.556. The summed E-state index contributed by atoms with van der Waals surface area (Å²) in [6.07, 6.45) is 0.203. The lowest BCUT2D eigenvalue weighted by Crippen LogP contribution is -2.37. The summed E-state index contributed by atoms with van der Waals surface area (Å²) in [4.78, 5) is 28.6. The fourth-order valence-electron chi connectivity index (χ4n) is 2.58. The van der Waals surface area contributed by atoms with Crippen LogP contribution < -0.4 is 11.1 Å². The largest absolute Gasteiger partial charge is 0.369 e. The molecule has 162 valence electrons. The van der Waals surface area contributed by atoms with Crippen molar-refractivity contribution in [3.63, 3.8) is 0 Å². The lowest BCUT2D eigenvalue weighted by molar-refractivity contribution is -0.121. The Balaban J connectivity index is 2.15. The minimum absolute atomic E-state index is 0.0208. The van der Waals surface area contributed by atoms with Crippen molar-refractivity contribution >= 4 is 33.4 Å². The van der Waals surface area contributed by atoms with Gasteiger partial charge < -0.3 is 11.1 Å². The molecule has 3 N–H and O–H groups in total. The molecule has 1 atom stereocenters. The lowest BCUT2D eigenvalue weighted by Gasteiger charge is -2.17. The van der Waals surface area contributed by atoms with E-state index in [9.17, 15) is 22.4 Å². The van der Waals surface area contributed by atoms with E-state index in [4.69, 9.17) is 22.2 Å². The molecule has 11 heteroatoms. The predicted octanol–water partition coefficient (Wildman–Crippen LogP) is 1.74. The Morgan fingerprint density at radius 2 is 1.87 bits per heavy atom. The molecular formula is C19H21ClFN3O5S. The number of amides is 2. The van der Waals surface area contributed by atoms with Crippen molar-refractivity contribution in [2.24, 2.45) is 11.7 Å². The van der Waals surface area contributed by atoms with E-state index in [1.165, 1.54) is 50.6 Å². The second-order valence-corrected chi connectivity index (χ2v) is 8.69. The van der Waals surface area contributed by atoms with E-state index in [1.807, 2.05) is 0 Å². The van der Waals surface area contributed by atoms with Crippen LogP contribution in [-0.4, -0.2) is 45.4 Å². The van der Waals surface area contributed by atoms with Gasteiger partial charge in [-0.15, -0.1) is 0 Å². The number of sulfonamides is 1. The van der Waals surface area contributed by atoms with Crippen molar-refractivity contribution < 1.29 is 27.2 Å². The molecule has 1 unspecified atom stereocenters. The Labute approximate surface area is 178 Å². The van der Waals surface area contributed by atoms with Gasteiger partial charge in [-0.2, -0.15) is 0 Å². The summed E-state index contributed by atoms with van der Waals surface area (Å²) in [6, 6.07) is 9.31. The van der Waals surface area contributed by atoms with E-state index >= 15 is 0 Å². The fraction of sp³-hybridized carbons (Fsp3) is 0.263. The molecule has 30 heavy (non-hydrogen) atoms. The highest BCUT2D eigenvalue weighted by atomic mass is 35.5. The molecule has 0 spiro atoms. The molecule has 2 rings (SSSR count). The van der Waals surface area contributed by atoms with Crippen LogP contribution >= 0.6 is 11.6 Å². The standard InChI is InChI=1S/C19H21ClFN3O5S/c1-24(29-2)30(27,28)17-10-13(5-8-16(17)20)19(26)23-11-14(18(22)25)9-12-3-6-15(21)7-4-12/h3-8,10,14H,9,11H2,1-2H3,(H2,22,25)(H,23,26). The van der Waals surface area contributed by atoms with Gasteiger partial charge in [-0.25, -0.2) is 12.8 Å². The van der Waals surface area contributed by atoms with Crippen LogP contribution in [0.1, 0.15) is 15.9 Å². The fourth-order valence-corrected chi connectivity index (χ4v) is 4.05. The van der Waals surface area contributed by atoms with Crippen molar-refractivity contribution in [3.05, 3.63) is 64.4 Å². The van der Waals surface area contributed by atoms with Crippen LogP contribution in [0.4, 0.5) is 4.39 Å². The molecule has 0 aliphatic carbocycles. The lowest BCUT2D eigenvalue weighted by atomic mass is 9.98. The van der Waals surface area contributed by atoms with Crippen molar-refractivity contribution in [2.45, 2.75) is 11.3 Å². The van der Waals surface area contributed by atoms with Crippen molar-refractivity contribution in [3.8, 4) is 0 Å².